The van der Waals surface area contributed by atoms with Crippen LogP contribution in [-0.2, 0) is 6.42 Å². The molecule has 1 N–H and O–H groups in total. The van der Waals surface area contributed by atoms with Gasteiger partial charge in [-0.05, 0) is 41.3 Å². The Balaban J connectivity index is 1.84. The molecule has 3 aromatic rings. The fourth-order valence-corrected chi connectivity index (χ4v) is 4.61. The minimum Gasteiger partial charge on any atom is -0.497 e. The van der Waals surface area contributed by atoms with Crippen molar-refractivity contribution in [3.63, 3.8) is 0 Å². The molecule has 1 unspecified atom stereocenters. The molecule has 0 saturated heterocycles. The molecule has 0 saturated carbocycles. The van der Waals surface area contributed by atoms with E-state index in [1.54, 1.807) is 29.8 Å². The number of rotatable bonds is 4. The van der Waals surface area contributed by atoms with Crippen molar-refractivity contribution in [2.45, 2.75) is 12.5 Å². The van der Waals surface area contributed by atoms with Crippen molar-refractivity contribution in [1.29, 1.82) is 0 Å². The molecule has 0 fully saturated rings. The number of aliphatic hydroxyl groups is 1. The lowest BCUT2D eigenvalue weighted by molar-refractivity contribution is 0.182. The molecule has 1 aromatic carbocycles. The number of methoxy groups -OCH3 is 1. The van der Waals surface area contributed by atoms with E-state index in [1.165, 1.54) is 9.40 Å². The van der Waals surface area contributed by atoms with Crippen LogP contribution in [0.15, 0.2) is 40.2 Å². The summed E-state index contributed by atoms with van der Waals surface area (Å²) in [7, 11) is 1.65. The first-order valence-corrected chi connectivity index (χ1v) is 8.63. The van der Waals surface area contributed by atoms with Gasteiger partial charge in [0.2, 0.25) is 0 Å². The van der Waals surface area contributed by atoms with E-state index in [9.17, 15) is 5.11 Å². The summed E-state index contributed by atoms with van der Waals surface area (Å²) in [5.74, 6) is 0.808. The summed E-state index contributed by atoms with van der Waals surface area (Å²) in [6.45, 7) is 0. The van der Waals surface area contributed by atoms with Crippen molar-refractivity contribution < 1.29 is 9.84 Å². The van der Waals surface area contributed by atoms with Gasteiger partial charge in [-0.25, -0.2) is 0 Å². The normalized spacial score (nSPS) is 12.8. The van der Waals surface area contributed by atoms with Gasteiger partial charge in [0.05, 0.1) is 13.2 Å². The molecule has 5 heteroatoms. The zero-order valence-electron chi connectivity index (χ0n) is 10.8. The van der Waals surface area contributed by atoms with E-state index in [2.05, 4.69) is 33.4 Å². The van der Waals surface area contributed by atoms with E-state index >= 15 is 0 Å². The number of thiophene rings is 2. The molecule has 2 heterocycles. The number of benzene rings is 1. The Bertz CT molecular complexity index is 704. The predicted molar refractivity (Wildman–Crippen MR) is 89.1 cm³/mol. The molecule has 0 amide bonds. The summed E-state index contributed by atoms with van der Waals surface area (Å²) in [6, 6.07) is 10.0. The third-order valence-electron chi connectivity index (χ3n) is 3.15. The Morgan fingerprint density at radius 2 is 2.10 bits per heavy atom. The first-order valence-electron chi connectivity index (χ1n) is 6.15. The fraction of sp³-hybridized carbons (Fsp3) is 0.200. The molecule has 104 valence electrons. The molecule has 2 aromatic heterocycles. The van der Waals surface area contributed by atoms with Crippen molar-refractivity contribution >= 4 is 48.0 Å². The lowest BCUT2D eigenvalue weighted by atomic mass is 10.1. The van der Waals surface area contributed by atoms with E-state index in [0.29, 0.717) is 6.42 Å². The second kappa shape index (κ2) is 5.85. The number of ether oxygens (including phenoxy) is 1. The molecule has 0 aliphatic rings. The molecule has 0 spiro atoms. The predicted octanol–water partition coefficient (Wildman–Crippen LogP) is 5.01. The summed E-state index contributed by atoms with van der Waals surface area (Å²) in [5, 5.41) is 12.5. The third-order valence-corrected chi connectivity index (χ3v) is 6.12. The number of hydrogen-bond donors (Lipinski definition) is 1. The van der Waals surface area contributed by atoms with E-state index < -0.39 is 6.10 Å². The van der Waals surface area contributed by atoms with Gasteiger partial charge in [0.15, 0.2) is 0 Å². The van der Waals surface area contributed by atoms with Gasteiger partial charge < -0.3 is 9.84 Å². The maximum Gasteiger partial charge on any atom is 0.119 e. The second-order valence-corrected chi connectivity index (χ2v) is 7.39. The smallest absolute Gasteiger partial charge is 0.119 e. The highest BCUT2D eigenvalue weighted by molar-refractivity contribution is 9.10. The molecular weight excluding hydrogens is 356 g/mol. The number of halogens is 1. The molecule has 20 heavy (non-hydrogen) atoms. The standard InChI is InChI=1S/C15H13BrO2S2/c1-18-10-2-3-11(16)9(6-10)7-12(17)14-8-15-13(20-14)4-5-19-15/h2-6,8,12,17H,7H2,1H3. The first-order chi connectivity index (χ1) is 9.67. The molecular formula is C15H13BrO2S2. The monoisotopic (exact) mass is 368 g/mol. The zero-order chi connectivity index (χ0) is 14.1. The summed E-state index contributed by atoms with van der Waals surface area (Å²) in [6.07, 6.45) is 0.0916. The molecule has 0 bridgehead atoms. The molecule has 0 aliphatic heterocycles. The van der Waals surface area contributed by atoms with Gasteiger partial charge in [-0.1, -0.05) is 15.9 Å². The lowest BCUT2D eigenvalue weighted by Gasteiger charge is -2.11. The number of fused-ring (bicyclic) bond motifs is 1. The van der Waals surface area contributed by atoms with Crippen molar-refractivity contribution in [1.82, 2.24) is 0 Å². The van der Waals surface area contributed by atoms with Gasteiger partial charge in [-0.2, -0.15) is 0 Å². The summed E-state index contributed by atoms with van der Waals surface area (Å²) in [5.41, 5.74) is 1.05. The van der Waals surface area contributed by atoms with Gasteiger partial charge >= 0.3 is 0 Å². The van der Waals surface area contributed by atoms with Crippen molar-refractivity contribution in [3.05, 3.63) is 50.6 Å². The molecule has 2 nitrogen and oxygen atoms in total. The van der Waals surface area contributed by atoms with E-state index in [4.69, 9.17) is 4.74 Å². The van der Waals surface area contributed by atoms with Crippen LogP contribution in [0.25, 0.3) is 9.40 Å². The van der Waals surface area contributed by atoms with Crippen LogP contribution < -0.4 is 4.74 Å². The van der Waals surface area contributed by atoms with Crippen LogP contribution >= 0.6 is 38.6 Å². The largest absolute Gasteiger partial charge is 0.497 e. The molecule has 1 atom stereocenters. The quantitative estimate of drug-likeness (QED) is 0.701. The topological polar surface area (TPSA) is 29.5 Å². The summed E-state index contributed by atoms with van der Waals surface area (Å²) in [4.78, 5) is 1.02. The van der Waals surface area contributed by atoms with Gasteiger partial charge in [-0.3, -0.25) is 0 Å². The van der Waals surface area contributed by atoms with Crippen LogP contribution in [-0.4, -0.2) is 12.2 Å². The summed E-state index contributed by atoms with van der Waals surface area (Å²) < 4.78 is 8.72. The second-order valence-electron chi connectivity index (χ2n) is 4.48. The van der Waals surface area contributed by atoms with Crippen LogP contribution in [0, 0.1) is 0 Å². The van der Waals surface area contributed by atoms with E-state index in [0.717, 1.165) is 20.7 Å². The minimum absolute atomic E-state index is 0.483. The Morgan fingerprint density at radius 3 is 2.85 bits per heavy atom. The highest BCUT2D eigenvalue weighted by atomic mass is 79.9. The Hall–Kier alpha value is -0.880. The van der Waals surface area contributed by atoms with Gasteiger partial charge in [0.1, 0.15) is 5.75 Å². The Labute approximate surface area is 133 Å². The average Bonchev–Trinajstić information content (AvgIpc) is 3.02. The van der Waals surface area contributed by atoms with Crippen LogP contribution in [0.2, 0.25) is 0 Å². The zero-order valence-corrected chi connectivity index (χ0v) is 14.0. The van der Waals surface area contributed by atoms with E-state index in [1.807, 2.05) is 18.2 Å². The Morgan fingerprint density at radius 1 is 1.25 bits per heavy atom. The average molecular weight is 369 g/mol. The summed E-state index contributed by atoms with van der Waals surface area (Å²) >= 11 is 6.90. The van der Waals surface area contributed by atoms with E-state index in [-0.39, 0.29) is 0 Å². The van der Waals surface area contributed by atoms with Crippen molar-refractivity contribution in [2.24, 2.45) is 0 Å². The van der Waals surface area contributed by atoms with Gasteiger partial charge in [0.25, 0.3) is 0 Å². The number of hydrogen-bond acceptors (Lipinski definition) is 4. The fourth-order valence-electron chi connectivity index (χ4n) is 2.09. The maximum atomic E-state index is 10.4. The number of aliphatic hydroxyl groups excluding tert-OH is 1. The van der Waals surface area contributed by atoms with Crippen LogP contribution in [0.3, 0.4) is 0 Å². The van der Waals surface area contributed by atoms with Crippen LogP contribution in [0.5, 0.6) is 5.75 Å². The van der Waals surface area contributed by atoms with Crippen molar-refractivity contribution in [2.75, 3.05) is 7.11 Å². The minimum atomic E-state index is -0.483. The van der Waals surface area contributed by atoms with Crippen LogP contribution in [0.1, 0.15) is 16.5 Å². The highest BCUT2D eigenvalue weighted by Gasteiger charge is 2.15. The maximum absolute atomic E-state index is 10.4. The van der Waals surface area contributed by atoms with Crippen molar-refractivity contribution in [3.8, 4) is 5.75 Å². The third kappa shape index (κ3) is 2.76. The Kier molecular flexibility index (Phi) is 4.12. The molecule has 3 rings (SSSR count). The lowest BCUT2D eigenvalue weighted by Crippen LogP contribution is -2.00. The molecule has 0 radical (unpaired) electrons. The first kappa shape index (κ1) is 14.1. The van der Waals surface area contributed by atoms with Gasteiger partial charge in [0, 0.05) is 25.2 Å². The SMILES string of the molecule is COc1ccc(Br)c(CC(O)c2cc3sccc3s2)c1. The molecule has 0 aliphatic carbocycles. The highest BCUT2D eigenvalue weighted by Crippen LogP contribution is 2.35. The van der Waals surface area contributed by atoms with Crippen LogP contribution in [0.4, 0.5) is 0 Å². The van der Waals surface area contributed by atoms with Gasteiger partial charge in [-0.15, -0.1) is 22.7 Å².